The summed E-state index contributed by atoms with van der Waals surface area (Å²) in [5.41, 5.74) is 5.40. The van der Waals surface area contributed by atoms with Crippen LogP contribution in [0.15, 0.2) is 42.5 Å². The van der Waals surface area contributed by atoms with Crippen molar-refractivity contribution in [1.29, 1.82) is 5.26 Å². The lowest BCUT2D eigenvalue weighted by Gasteiger charge is -2.09. The number of nitriles is 1. The van der Waals surface area contributed by atoms with Crippen LogP contribution in [0.2, 0.25) is 0 Å². The van der Waals surface area contributed by atoms with Crippen molar-refractivity contribution in [2.24, 2.45) is 0 Å². The van der Waals surface area contributed by atoms with Gasteiger partial charge in [0.05, 0.1) is 11.6 Å². The molecule has 0 aliphatic heterocycles. The van der Waals surface area contributed by atoms with E-state index >= 15 is 0 Å². The fourth-order valence-electron chi connectivity index (χ4n) is 2.00. The summed E-state index contributed by atoms with van der Waals surface area (Å²) >= 11 is 0. The first kappa shape index (κ1) is 12.4. The van der Waals surface area contributed by atoms with Crippen molar-refractivity contribution in [2.75, 3.05) is 0 Å². The average molecular weight is 235 g/mol. The largest absolute Gasteiger partial charge is 0.192 e. The van der Waals surface area contributed by atoms with Crippen molar-refractivity contribution in [3.63, 3.8) is 0 Å². The lowest BCUT2D eigenvalue weighted by atomic mass is 9.96. The highest BCUT2D eigenvalue weighted by molar-refractivity contribution is 5.67. The SMILES string of the molecule is Cc1ccc(-c2cccc(C(C)C)c2)cc1C#N. The molecule has 0 amide bonds. The summed E-state index contributed by atoms with van der Waals surface area (Å²) in [7, 11) is 0. The van der Waals surface area contributed by atoms with Crippen molar-refractivity contribution in [3.8, 4) is 17.2 Å². The van der Waals surface area contributed by atoms with E-state index in [2.05, 4.69) is 50.2 Å². The van der Waals surface area contributed by atoms with Gasteiger partial charge in [0, 0.05) is 0 Å². The van der Waals surface area contributed by atoms with Gasteiger partial charge in [-0.3, -0.25) is 0 Å². The van der Waals surface area contributed by atoms with E-state index in [1.807, 2.05) is 19.1 Å². The predicted octanol–water partition coefficient (Wildman–Crippen LogP) is 4.66. The molecule has 0 unspecified atom stereocenters. The van der Waals surface area contributed by atoms with E-state index in [-0.39, 0.29) is 0 Å². The van der Waals surface area contributed by atoms with Gasteiger partial charge in [0.15, 0.2) is 0 Å². The number of aryl methyl sites for hydroxylation is 1. The molecule has 0 saturated carbocycles. The molecule has 0 radical (unpaired) electrons. The molecule has 0 aliphatic rings. The first-order chi connectivity index (χ1) is 8.61. The third-order valence-corrected chi connectivity index (χ3v) is 3.24. The van der Waals surface area contributed by atoms with Crippen molar-refractivity contribution in [2.45, 2.75) is 26.7 Å². The highest BCUT2D eigenvalue weighted by Crippen LogP contribution is 2.25. The van der Waals surface area contributed by atoms with E-state index < -0.39 is 0 Å². The highest BCUT2D eigenvalue weighted by Gasteiger charge is 2.04. The maximum absolute atomic E-state index is 9.08. The van der Waals surface area contributed by atoms with Crippen LogP contribution in [-0.4, -0.2) is 0 Å². The topological polar surface area (TPSA) is 23.8 Å². The average Bonchev–Trinajstić information content (AvgIpc) is 2.39. The van der Waals surface area contributed by atoms with Gasteiger partial charge < -0.3 is 0 Å². The minimum Gasteiger partial charge on any atom is -0.192 e. The molecule has 1 nitrogen and oxygen atoms in total. The van der Waals surface area contributed by atoms with Crippen LogP contribution in [0.25, 0.3) is 11.1 Å². The van der Waals surface area contributed by atoms with Gasteiger partial charge in [-0.2, -0.15) is 5.26 Å². The second-order valence-corrected chi connectivity index (χ2v) is 4.92. The summed E-state index contributed by atoms with van der Waals surface area (Å²) in [6.45, 7) is 6.34. The van der Waals surface area contributed by atoms with Crippen LogP contribution in [-0.2, 0) is 0 Å². The predicted molar refractivity (Wildman–Crippen MR) is 75.4 cm³/mol. The lowest BCUT2D eigenvalue weighted by Crippen LogP contribution is -1.89. The molecule has 0 aromatic heterocycles. The van der Waals surface area contributed by atoms with Gasteiger partial charge in [-0.05, 0) is 41.2 Å². The van der Waals surface area contributed by atoms with E-state index in [0.717, 1.165) is 16.7 Å². The zero-order chi connectivity index (χ0) is 13.1. The molecule has 2 aromatic rings. The number of rotatable bonds is 2. The van der Waals surface area contributed by atoms with E-state index in [1.54, 1.807) is 0 Å². The van der Waals surface area contributed by atoms with Crippen LogP contribution in [0.3, 0.4) is 0 Å². The second kappa shape index (κ2) is 5.06. The van der Waals surface area contributed by atoms with Crippen molar-refractivity contribution in [3.05, 3.63) is 59.2 Å². The molecule has 1 heteroatoms. The van der Waals surface area contributed by atoms with Gasteiger partial charge in [-0.25, -0.2) is 0 Å². The van der Waals surface area contributed by atoms with Crippen LogP contribution in [0.1, 0.15) is 36.5 Å². The van der Waals surface area contributed by atoms with Gasteiger partial charge in [0.2, 0.25) is 0 Å². The fourth-order valence-corrected chi connectivity index (χ4v) is 2.00. The molecule has 90 valence electrons. The number of nitrogens with zero attached hydrogens (tertiary/aromatic N) is 1. The van der Waals surface area contributed by atoms with Gasteiger partial charge in [-0.1, -0.05) is 50.2 Å². The molecule has 0 fully saturated rings. The van der Waals surface area contributed by atoms with Gasteiger partial charge in [-0.15, -0.1) is 0 Å². The molecule has 2 aromatic carbocycles. The molecule has 0 heterocycles. The van der Waals surface area contributed by atoms with Crippen molar-refractivity contribution >= 4 is 0 Å². The van der Waals surface area contributed by atoms with Crippen LogP contribution in [0.4, 0.5) is 0 Å². The highest BCUT2D eigenvalue weighted by atomic mass is 14.2. The van der Waals surface area contributed by atoms with Crippen molar-refractivity contribution < 1.29 is 0 Å². The molecular weight excluding hydrogens is 218 g/mol. The Labute approximate surface area is 109 Å². The zero-order valence-electron chi connectivity index (χ0n) is 11.1. The van der Waals surface area contributed by atoms with Crippen molar-refractivity contribution in [1.82, 2.24) is 0 Å². The second-order valence-electron chi connectivity index (χ2n) is 4.92. The molecule has 0 saturated heterocycles. The molecule has 0 aliphatic carbocycles. The summed E-state index contributed by atoms with van der Waals surface area (Å²) < 4.78 is 0. The smallest absolute Gasteiger partial charge is 0.0994 e. The maximum Gasteiger partial charge on any atom is 0.0994 e. The van der Waals surface area contributed by atoms with Crippen LogP contribution in [0, 0.1) is 18.3 Å². The Morgan fingerprint density at radius 3 is 2.39 bits per heavy atom. The first-order valence-electron chi connectivity index (χ1n) is 6.23. The summed E-state index contributed by atoms with van der Waals surface area (Å²) in [6.07, 6.45) is 0. The number of benzene rings is 2. The third-order valence-electron chi connectivity index (χ3n) is 3.24. The van der Waals surface area contributed by atoms with Gasteiger partial charge in [0.25, 0.3) is 0 Å². The van der Waals surface area contributed by atoms with E-state index in [1.165, 1.54) is 11.1 Å². The minimum atomic E-state index is 0.519. The Kier molecular flexibility index (Phi) is 3.48. The monoisotopic (exact) mass is 235 g/mol. The lowest BCUT2D eigenvalue weighted by molar-refractivity contribution is 0.867. The number of hydrogen-bond acceptors (Lipinski definition) is 1. The maximum atomic E-state index is 9.08. The molecule has 0 spiro atoms. The van der Waals surface area contributed by atoms with Gasteiger partial charge >= 0.3 is 0 Å². The summed E-state index contributed by atoms with van der Waals surface area (Å²) in [4.78, 5) is 0. The van der Waals surface area contributed by atoms with Crippen LogP contribution in [0.5, 0.6) is 0 Å². The quantitative estimate of drug-likeness (QED) is 0.742. The number of hydrogen-bond donors (Lipinski definition) is 0. The Bertz CT molecular complexity index is 603. The minimum absolute atomic E-state index is 0.519. The van der Waals surface area contributed by atoms with E-state index in [0.29, 0.717) is 5.92 Å². The molecule has 0 N–H and O–H groups in total. The molecule has 2 rings (SSSR count). The summed E-state index contributed by atoms with van der Waals surface area (Å²) in [5.74, 6) is 0.519. The Hall–Kier alpha value is -2.07. The van der Waals surface area contributed by atoms with Gasteiger partial charge in [0.1, 0.15) is 0 Å². The standard InChI is InChI=1S/C17H17N/c1-12(2)14-5-4-6-15(9-14)16-8-7-13(3)17(10-16)11-18/h4-10,12H,1-3H3. The molecule has 0 bridgehead atoms. The molecule has 0 atom stereocenters. The fraction of sp³-hybridized carbons (Fsp3) is 0.235. The van der Waals surface area contributed by atoms with E-state index in [9.17, 15) is 0 Å². The van der Waals surface area contributed by atoms with Crippen LogP contribution >= 0.6 is 0 Å². The Morgan fingerprint density at radius 2 is 1.72 bits per heavy atom. The van der Waals surface area contributed by atoms with Crippen LogP contribution < -0.4 is 0 Å². The normalized spacial score (nSPS) is 10.4. The summed E-state index contributed by atoms with van der Waals surface area (Å²) in [5, 5.41) is 9.08. The zero-order valence-corrected chi connectivity index (χ0v) is 11.1. The summed E-state index contributed by atoms with van der Waals surface area (Å²) in [6, 6.07) is 16.8. The Morgan fingerprint density at radius 1 is 1.00 bits per heavy atom. The Balaban J connectivity index is 2.49. The first-order valence-corrected chi connectivity index (χ1v) is 6.23. The molecular formula is C17H17N. The van der Waals surface area contributed by atoms with E-state index in [4.69, 9.17) is 5.26 Å². The third kappa shape index (κ3) is 2.43. The molecule has 18 heavy (non-hydrogen) atoms.